The Labute approximate surface area is 238 Å². The number of aliphatic hydroxyl groups is 6. The molecule has 1 fully saturated rings. The molecule has 1 heterocycles. The quantitative estimate of drug-likeness (QED) is 0.0491. The van der Waals surface area contributed by atoms with Gasteiger partial charge in [0.2, 0.25) is 12.6 Å². The zero-order chi connectivity index (χ0) is 30.9. The van der Waals surface area contributed by atoms with Gasteiger partial charge in [-0.25, -0.2) is 0 Å². The number of carbonyl (C=O) groups excluding carboxylic acids is 2. The van der Waals surface area contributed by atoms with Crippen molar-refractivity contribution in [2.24, 2.45) is 0 Å². The monoisotopic (exact) mass is 598 g/mol. The molecule has 240 valence electrons. The fourth-order valence-corrected chi connectivity index (χ4v) is 3.87. The highest BCUT2D eigenvalue weighted by atomic mass is 16.8. The van der Waals surface area contributed by atoms with E-state index < -0.39 is 99.5 Å². The third-order valence-corrected chi connectivity index (χ3v) is 6.37. The van der Waals surface area contributed by atoms with Gasteiger partial charge in [0.05, 0.1) is 18.9 Å². The topological polar surface area (TPSA) is 239 Å². The summed E-state index contributed by atoms with van der Waals surface area (Å²) in [7, 11) is 0. The lowest BCUT2D eigenvalue weighted by atomic mass is 9.99. The van der Waals surface area contributed by atoms with Crippen molar-refractivity contribution in [2.75, 3.05) is 13.2 Å². The molecular formula is C26H46O15. The Balaban J connectivity index is 2.66. The van der Waals surface area contributed by atoms with Gasteiger partial charge in [-0.3, -0.25) is 14.4 Å². The maximum Gasteiger partial charge on any atom is 0.306 e. The number of rotatable bonds is 21. The van der Waals surface area contributed by atoms with Gasteiger partial charge in [0.25, 0.3) is 0 Å². The number of unbranched alkanes of at least 4 members (excludes halogenated alkanes) is 6. The van der Waals surface area contributed by atoms with Crippen LogP contribution in [0.4, 0.5) is 0 Å². The fourth-order valence-electron chi connectivity index (χ4n) is 3.87. The number of carboxylic acids is 1. The van der Waals surface area contributed by atoms with E-state index in [1.165, 1.54) is 13.3 Å². The van der Waals surface area contributed by atoms with Crippen LogP contribution in [0.3, 0.4) is 0 Å². The van der Waals surface area contributed by atoms with Crippen molar-refractivity contribution in [3.05, 3.63) is 0 Å². The molecule has 1 saturated heterocycles. The fraction of sp³-hybridized carbons (Fsp3) is 0.885. The van der Waals surface area contributed by atoms with E-state index in [1.807, 2.05) is 0 Å². The number of esters is 2. The number of aliphatic carboxylic acids is 1. The number of hydrogen-bond acceptors (Lipinski definition) is 14. The molecule has 41 heavy (non-hydrogen) atoms. The Morgan fingerprint density at radius 3 is 2.00 bits per heavy atom. The van der Waals surface area contributed by atoms with Crippen LogP contribution in [0.5, 0.6) is 0 Å². The van der Waals surface area contributed by atoms with Crippen molar-refractivity contribution >= 4 is 17.9 Å². The average molecular weight is 599 g/mol. The summed E-state index contributed by atoms with van der Waals surface area (Å²) in [6.07, 6.45) is -9.46. The summed E-state index contributed by atoms with van der Waals surface area (Å²) in [6, 6.07) is 0. The zero-order valence-electron chi connectivity index (χ0n) is 23.6. The van der Waals surface area contributed by atoms with Gasteiger partial charge in [-0.05, 0) is 13.3 Å². The van der Waals surface area contributed by atoms with Crippen LogP contribution in [0.25, 0.3) is 0 Å². The summed E-state index contributed by atoms with van der Waals surface area (Å²) < 4.78 is 26.0. The molecule has 7 N–H and O–H groups in total. The lowest BCUT2D eigenvalue weighted by molar-refractivity contribution is -0.372. The summed E-state index contributed by atoms with van der Waals surface area (Å²) in [5.74, 6) is -2.68. The first-order valence-electron chi connectivity index (χ1n) is 13.9. The summed E-state index contributed by atoms with van der Waals surface area (Å²) in [5, 5.41) is 68.9. The maximum absolute atomic E-state index is 12.1. The molecule has 0 aromatic rings. The van der Waals surface area contributed by atoms with Crippen LogP contribution < -0.4 is 0 Å². The highest BCUT2D eigenvalue weighted by Crippen LogP contribution is 2.25. The lowest BCUT2D eigenvalue weighted by Crippen LogP contribution is -2.60. The molecule has 1 aliphatic rings. The molecule has 1 rings (SSSR count). The van der Waals surface area contributed by atoms with Crippen molar-refractivity contribution in [3.63, 3.8) is 0 Å². The third kappa shape index (κ3) is 14.7. The summed E-state index contributed by atoms with van der Waals surface area (Å²) in [6.45, 7) is 2.33. The van der Waals surface area contributed by atoms with Crippen molar-refractivity contribution in [3.8, 4) is 0 Å². The average Bonchev–Trinajstić information content (AvgIpc) is 2.91. The van der Waals surface area contributed by atoms with Crippen LogP contribution in [-0.2, 0) is 38.1 Å². The minimum absolute atomic E-state index is 0.160. The molecule has 15 heteroatoms. The predicted octanol–water partition coefficient (Wildman–Crippen LogP) is -0.695. The van der Waals surface area contributed by atoms with Crippen molar-refractivity contribution in [1.29, 1.82) is 0 Å². The van der Waals surface area contributed by atoms with Crippen molar-refractivity contribution in [1.82, 2.24) is 0 Å². The molecule has 0 radical (unpaired) electrons. The van der Waals surface area contributed by atoms with Gasteiger partial charge in [0.15, 0.2) is 6.29 Å². The first kappa shape index (κ1) is 37.1. The Hall–Kier alpha value is -1.95. The van der Waals surface area contributed by atoms with Gasteiger partial charge < -0.3 is 59.4 Å². The second kappa shape index (κ2) is 20.0. The first-order valence-corrected chi connectivity index (χ1v) is 13.9. The summed E-state index contributed by atoms with van der Waals surface area (Å²) in [5.41, 5.74) is 0. The second-order valence-electron chi connectivity index (χ2n) is 9.98. The number of ether oxygens (including phenoxy) is 5. The van der Waals surface area contributed by atoms with Crippen LogP contribution in [0.15, 0.2) is 0 Å². The minimum atomic E-state index is -2.35. The molecular weight excluding hydrogens is 552 g/mol. The van der Waals surface area contributed by atoms with E-state index in [1.54, 1.807) is 0 Å². The number of carboxylic acid groups (broad SMARTS) is 1. The highest BCUT2D eigenvalue weighted by molar-refractivity contribution is 5.76. The van der Waals surface area contributed by atoms with E-state index in [-0.39, 0.29) is 6.42 Å². The molecule has 8 unspecified atom stereocenters. The lowest BCUT2D eigenvalue weighted by Gasteiger charge is -2.41. The smallest absolute Gasteiger partial charge is 0.306 e. The number of carbonyl (C=O) groups is 3. The van der Waals surface area contributed by atoms with Gasteiger partial charge in [-0.15, -0.1) is 0 Å². The summed E-state index contributed by atoms with van der Waals surface area (Å²) >= 11 is 0. The first-order chi connectivity index (χ1) is 19.4. The standard InChI is InChI=1S/C26H46O15/c1-3-4-5-6-7-8-9-10-19(30)37-13-16(15(2)27)39-26(24(35)36)41-25-23(34)22(33)21(32)17(40-25)14-38-20(31)12-11-18(28)29/h15-17,21-27,32-36H,3-14H2,1-2H3,(H,28,29). The van der Waals surface area contributed by atoms with Crippen LogP contribution in [0.2, 0.25) is 0 Å². The Morgan fingerprint density at radius 1 is 0.805 bits per heavy atom. The molecule has 8 atom stereocenters. The van der Waals surface area contributed by atoms with Gasteiger partial charge in [0, 0.05) is 6.42 Å². The van der Waals surface area contributed by atoms with Gasteiger partial charge in [0.1, 0.15) is 43.7 Å². The largest absolute Gasteiger partial charge is 0.481 e. The predicted molar refractivity (Wildman–Crippen MR) is 138 cm³/mol. The van der Waals surface area contributed by atoms with E-state index in [0.717, 1.165) is 32.1 Å². The van der Waals surface area contributed by atoms with E-state index >= 15 is 0 Å². The normalized spacial score (nSPS) is 25.0. The van der Waals surface area contributed by atoms with Gasteiger partial charge in [-0.1, -0.05) is 45.4 Å². The molecule has 15 nitrogen and oxygen atoms in total. The highest BCUT2D eigenvalue weighted by Gasteiger charge is 2.46. The molecule has 0 saturated carbocycles. The van der Waals surface area contributed by atoms with Crippen LogP contribution in [-0.4, -0.2) is 122 Å². The van der Waals surface area contributed by atoms with E-state index in [9.17, 15) is 45.0 Å². The van der Waals surface area contributed by atoms with Crippen LogP contribution in [0.1, 0.15) is 78.1 Å². The molecule has 0 bridgehead atoms. The molecule has 0 aliphatic carbocycles. The SMILES string of the molecule is CCCCCCCCCC(=O)OCC(OC(OC1OC(COC(=O)CCC(=O)O)C(O)C(O)C1O)C(O)O)C(C)O. The van der Waals surface area contributed by atoms with Crippen LogP contribution >= 0.6 is 0 Å². The summed E-state index contributed by atoms with van der Waals surface area (Å²) in [4.78, 5) is 34.4. The van der Waals surface area contributed by atoms with E-state index in [2.05, 4.69) is 6.92 Å². The Morgan fingerprint density at radius 2 is 1.41 bits per heavy atom. The molecule has 1 aliphatic heterocycles. The molecule has 0 aromatic carbocycles. The van der Waals surface area contributed by atoms with E-state index in [4.69, 9.17) is 28.8 Å². The molecule has 0 aromatic heterocycles. The third-order valence-electron chi connectivity index (χ3n) is 6.37. The van der Waals surface area contributed by atoms with Crippen molar-refractivity contribution < 1.29 is 73.8 Å². The molecule has 0 amide bonds. The number of aliphatic hydroxyl groups excluding tert-OH is 5. The maximum atomic E-state index is 12.1. The number of hydrogen-bond donors (Lipinski definition) is 7. The Kier molecular flexibility index (Phi) is 18.1. The Bertz CT molecular complexity index is 761. The van der Waals surface area contributed by atoms with Gasteiger partial charge in [-0.2, -0.15) is 0 Å². The molecule has 0 spiro atoms. The van der Waals surface area contributed by atoms with Gasteiger partial charge >= 0.3 is 17.9 Å². The van der Waals surface area contributed by atoms with Crippen LogP contribution in [0, 0.1) is 0 Å². The zero-order valence-corrected chi connectivity index (χ0v) is 23.6. The minimum Gasteiger partial charge on any atom is -0.481 e. The van der Waals surface area contributed by atoms with Crippen molar-refractivity contribution in [2.45, 2.75) is 134 Å². The van der Waals surface area contributed by atoms with E-state index in [0.29, 0.717) is 6.42 Å². The second-order valence-corrected chi connectivity index (χ2v) is 9.98.